The van der Waals surface area contributed by atoms with E-state index in [-0.39, 0.29) is 45.7 Å². The monoisotopic (exact) mass is 934 g/mol. The number of carbonyl (C=O) groups is 1. The number of aryl methyl sites for hydroxylation is 2. The van der Waals surface area contributed by atoms with Gasteiger partial charge in [-0.15, -0.1) is 20.4 Å². The highest BCUT2D eigenvalue weighted by atomic mass is 32.2. The van der Waals surface area contributed by atoms with Gasteiger partial charge in [0.15, 0.2) is 22.6 Å². The molecule has 66 heavy (non-hydrogen) atoms. The van der Waals surface area contributed by atoms with Crippen molar-refractivity contribution in [3.05, 3.63) is 108 Å². The van der Waals surface area contributed by atoms with Gasteiger partial charge in [-0.05, 0) is 102 Å². The van der Waals surface area contributed by atoms with Gasteiger partial charge in [0, 0.05) is 36.3 Å². The number of ether oxygens (including phenoxy) is 1. The van der Waals surface area contributed by atoms with Gasteiger partial charge < -0.3 is 15.8 Å². The maximum absolute atomic E-state index is 13.4. The molecule has 20 heteroatoms. The van der Waals surface area contributed by atoms with Crippen LogP contribution in [0.5, 0.6) is 0 Å². The van der Waals surface area contributed by atoms with Crippen LogP contribution in [0.4, 0.5) is 4.79 Å². The van der Waals surface area contributed by atoms with Crippen LogP contribution in [0.25, 0.3) is 33.6 Å². The number of nitrogens with one attached hydrogen (secondary N) is 1. The van der Waals surface area contributed by atoms with Gasteiger partial charge in [0.2, 0.25) is 0 Å². The van der Waals surface area contributed by atoms with E-state index in [1.54, 1.807) is 79.3 Å². The Balaban J connectivity index is 0.000000169. The number of nitrogens with two attached hydrogens (primary N) is 1. The van der Waals surface area contributed by atoms with Crippen LogP contribution in [0, 0.1) is 25.7 Å². The van der Waals surface area contributed by atoms with Crippen molar-refractivity contribution in [2.24, 2.45) is 17.6 Å². The smallest absolute Gasteiger partial charge is 0.407 e. The average molecular weight is 935 g/mol. The van der Waals surface area contributed by atoms with Crippen LogP contribution < -0.4 is 11.1 Å². The molecule has 0 unspecified atom stereocenters. The molecule has 2 aliphatic rings. The summed E-state index contributed by atoms with van der Waals surface area (Å²) in [4.78, 5) is 21.4. The quantitative estimate of drug-likeness (QED) is 0.143. The minimum atomic E-state index is -3.83. The van der Waals surface area contributed by atoms with Crippen LogP contribution in [0.3, 0.4) is 0 Å². The Morgan fingerprint density at radius 1 is 0.682 bits per heavy atom. The van der Waals surface area contributed by atoms with E-state index in [4.69, 9.17) is 10.5 Å². The predicted molar refractivity (Wildman–Crippen MR) is 248 cm³/mol. The molecule has 2 aromatic carbocycles. The molecule has 0 saturated heterocycles. The molecule has 346 valence electrons. The number of amides is 1. The largest absolute Gasteiger partial charge is 0.447 e. The van der Waals surface area contributed by atoms with E-state index in [1.807, 2.05) is 36.5 Å². The van der Waals surface area contributed by atoms with Crippen molar-refractivity contribution in [2.45, 2.75) is 120 Å². The second-order valence-corrected chi connectivity index (χ2v) is 21.5. The fourth-order valence-corrected chi connectivity index (χ4v) is 12.4. The van der Waals surface area contributed by atoms with Gasteiger partial charge in [-0.1, -0.05) is 62.1 Å². The molecule has 10 rings (SSSR count). The number of fused-ring (bicyclic) bond motifs is 6. The molecule has 6 aromatic heterocycles. The lowest BCUT2D eigenvalue weighted by atomic mass is 9.93. The van der Waals surface area contributed by atoms with E-state index >= 15 is 0 Å². The van der Waals surface area contributed by atoms with Crippen molar-refractivity contribution in [3.63, 3.8) is 0 Å². The number of rotatable bonds is 10. The minimum absolute atomic E-state index is 0.0389. The summed E-state index contributed by atoms with van der Waals surface area (Å²) in [6, 6.07) is 17.2. The van der Waals surface area contributed by atoms with Gasteiger partial charge >= 0.3 is 6.09 Å². The third kappa shape index (κ3) is 8.08. The number of carbonyl (C=O) groups excluding carboxylic acids is 1. The highest BCUT2D eigenvalue weighted by Crippen LogP contribution is 2.43. The first-order valence-electron chi connectivity index (χ1n) is 22.4. The number of aromatic nitrogens is 10. The van der Waals surface area contributed by atoms with Gasteiger partial charge in [0.1, 0.15) is 11.6 Å². The molecule has 2 saturated carbocycles. The van der Waals surface area contributed by atoms with Crippen molar-refractivity contribution in [1.82, 2.24) is 52.4 Å². The Bertz CT molecular complexity index is 3300. The summed E-state index contributed by atoms with van der Waals surface area (Å²) in [6.07, 6.45) is 10.8. The summed E-state index contributed by atoms with van der Waals surface area (Å²) in [5.41, 5.74) is 11.3. The van der Waals surface area contributed by atoms with Crippen molar-refractivity contribution in [1.29, 1.82) is 0 Å². The van der Waals surface area contributed by atoms with E-state index in [0.29, 0.717) is 46.0 Å². The Hall–Kier alpha value is -6.25. The van der Waals surface area contributed by atoms with Gasteiger partial charge in [-0.25, -0.2) is 39.5 Å². The zero-order valence-electron chi connectivity index (χ0n) is 37.7. The first-order valence-corrected chi connectivity index (χ1v) is 25.3. The minimum Gasteiger partial charge on any atom is -0.447 e. The molecule has 0 aliphatic heterocycles. The maximum atomic E-state index is 13.4. The average Bonchev–Trinajstić information content (AvgIpc) is 4.14. The lowest BCUT2D eigenvalue weighted by Crippen LogP contribution is -2.34. The lowest BCUT2D eigenvalue weighted by Gasteiger charge is -2.16. The summed E-state index contributed by atoms with van der Waals surface area (Å²) in [6.45, 7) is 11.8. The first kappa shape index (κ1) is 44.9. The zero-order chi connectivity index (χ0) is 46.7. The molecular formula is C46H54N12O6S2. The van der Waals surface area contributed by atoms with Crippen molar-refractivity contribution < 1.29 is 26.4 Å². The van der Waals surface area contributed by atoms with Crippen LogP contribution in [0.15, 0.2) is 95.2 Å². The Kier molecular flexibility index (Phi) is 11.9. The van der Waals surface area contributed by atoms with Crippen molar-refractivity contribution >= 4 is 59.8 Å². The lowest BCUT2D eigenvalue weighted by molar-refractivity contribution is 0.112. The van der Waals surface area contributed by atoms with Gasteiger partial charge in [0.05, 0.1) is 39.3 Å². The van der Waals surface area contributed by atoms with Crippen LogP contribution in [-0.2, 0) is 24.8 Å². The summed E-state index contributed by atoms with van der Waals surface area (Å²) in [5.74, 6) is 2.54. The third-order valence-electron chi connectivity index (χ3n) is 13.1. The molecule has 0 bridgehead atoms. The SMILES string of the molecule is CC[C@@H]1C[C@H](N)C[C@@H]1c1nnc2cnc3c(ccn3S(=O)(=O)c3ccc(C)cc3)n12.CC[C@@H]1C[C@H](NC(=O)OC(C)C)C[C@@H]1c1nnc2cnc3c(ccn3S(=O)(=O)c3ccc(C)cc3)n12. The van der Waals surface area contributed by atoms with Crippen LogP contribution >= 0.6 is 0 Å². The van der Waals surface area contributed by atoms with Crippen molar-refractivity contribution in [3.8, 4) is 0 Å². The Morgan fingerprint density at radius 3 is 1.59 bits per heavy atom. The Labute approximate surface area is 382 Å². The van der Waals surface area contributed by atoms with E-state index in [1.165, 1.54) is 14.1 Å². The molecule has 3 N–H and O–H groups in total. The number of hydrogen-bond donors (Lipinski definition) is 2. The van der Waals surface area contributed by atoms with E-state index in [2.05, 4.69) is 49.5 Å². The maximum Gasteiger partial charge on any atom is 0.407 e. The van der Waals surface area contributed by atoms with Crippen LogP contribution in [0.1, 0.15) is 101 Å². The molecule has 6 heterocycles. The Morgan fingerprint density at radius 2 is 1.14 bits per heavy atom. The summed E-state index contributed by atoms with van der Waals surface area (Å²) in [7, 11) is -7.60. The summed E-state index contributed by atoms with van der Waals surface area (Å²) >= 11 is 0. The van der Waals surface area contributed by atoms with Gasteiger partial charge in [-0.3, -0.25) is 8.80 Å². The molecule has 18 nitrogen and oxygen atoms in total. The second-order valence-electron chi connectivity index (χ2n) is 17.8. The van der Waals surface area contributed by atoms with Crippen LogP contribution in [-0.4, -0.2) is 88.2 Å². The first-order chi connectivity index (χ1) is 31.6. The fourth-order valence-electron chi connectivity index (χ4n) is 9.78. The van der Waals surface area contributed by atoms with E-state index < -0.39 is 26.1 Å². The predicted octanol–water partition coefficient (Wildman–Crippen LogP) is 6.89. The summed E-state index contributed by atoms with van der Waals surface area (Å²) in [5, 5.41) is 20.6. The van der Waals surface area contributed by atoms with Gasteiger partial charge in [-0.2, -0.15) is 0 Å². The standard InChI is InChI=1S/C25H30N6O4S.C21H24N6O2S/c1-5-17-12-18(27-25(32)35-15(2)3)13-20(17)23-29-28-22-14-26-24-21(31(22)23)10-11-30(24)36(33,34)19-8-6-16(4)7-9-19;1-3-14-10-15(22)11-17(14)20-25-24-19-12-23-21-18(27(19)20)8-9-26(21)30(28,29)16-6-4-13(2)5-7-16/h6-11,14-15,17-18,20H,5,12-13H2,1-4H3,(H,27,32);4-9,12,14-15,17H,3,10-11,22H2,1-2H3/t17-,18+,20+;14-,15+,17+/m11/s1. The normalized spacial score (nSPS) is 21.3. The zero-order valence-corrected chi connectivity index (χ0v) is 39.3. The fraction of sp³-hybridized carbons (Fsp3) is 0.413. The molecule has 2 fully saturated rings. The molecular weight excluding hydrogens is 881 g/mol. The third-order valence-corrected chi connectivity index (χ3v) is 16.4. The topological polar surface area (TPSA) is 229 Å². The molecule has 2 aliphatic carbocycles. The number of alkyl carbamates (subject to hydrolysis) is 1. The molecule has 8 aromatic rings. The number of benzene rings is 2. The van der Waals surface area contributed by atoms with Gasteiger partial charge in [0.25, 0.3) is 20.0 Å². The molecule has 0 spiro atoms. The molecule has 6 atom stereocenters. The molecule has 0 radical (unpaired) electrons. The highest BCUT2D eigenvalue weighted by Gasteiger charge is 2.39. The second kappa shape index (κ2) is 17.5. The van der Waals surface area contributed by atoms with Crippen molar-refractivity contribution in [2.75, 3.05) is 0 Å². The van der Waals surface area contributed by atoms with E-state index in [0.717, 1.165) is 54.9 Å². The summed E-state index contributed by atoms with van der Waals surface area (Å²) < 4.78 is 64.8. The highest BCUT2D eigenvalue weighted by molar-refractivity contribution is 7.90. The number of nitrogens with zero attached hydrogens (tertiary/aromatic N) is 10. The molecule has 1 amide bonds. The van der Waals surface area contributed by atoms with Crippen LogP contribution in [0.2, 0.25) is 0 Å². The number of hydrogen-bond acceptors (Lipinski definition) is 13. The van der Waals surface area contributed by atoms with E-state index in [9.17, 15) is 21.6 Å².